The average molecular weight is 256 g/mol. The molecule has 0 aliphatic rings. The topological polar surface area (TPSA) is 63.8 Å². The fraction of sp³-hybridized carbons (Fsp3) is 0.333. The van der Waals surface area contributed by atoms with Gasteiger partial charge in [0.05, 0.1) is 11.7 Å². The first-order chi connectivity index (χ1) is 9.10. The molecule has 1 aromatic carbocycles. The minimum absolute atomic E-state index is 0.00204. The number of aromatic nitrogens is 2. The number of hydrogen-bond acceptors (Lipinski definition) is 4. The van der Waals surface area contributed by atoms with E-state index in [9.17, 15) is 0 Å². The Labute approximate surface area is 114 Å². The standard InChI is InChI=1S/C15H20N4/c1-10-4-5-11(2)13(8-10)9-15(19-16)14-6-7-17-12(3)18-14/h4-8,15,19H,9,16H2,1-3H3. The number of benzene rings is 1. The summed E-state index contributed by atoms with van der Waals surface area (Å²) >= 11 is 0. The Bertz CT molecular complexity index is 566. The van der Waals surface area contributed by atoms with Crippen molar-refractivity contribution in [3.8, 4) is 0 Å². The zero-order valence-corrected chi connectivity index (χ0v) is 11.6. The van der Waals surface area contributed by atoms with Crippen LogP contribution >= 0.6 is 0 Å². The summed E-state index contributed by atoms with van der Waals surface area (Å²) in [6.07, 6.45) is 2.59. The second kappa shape index (κ2) is 5.91. The van der Waals surface area contributed by atoms with Crippen LogP contribution in [-0.4, -0.2) is 9.97 Å². The van der Waals surface area contributed by atoms with Crippen LogP contribution in [0, 0.1) is 20.8 Å². The van der Waals surface area contributed by atoms with Crippen molar-refractivity contribution in [3.05, 3.63) is 58.7 Å². The molecule has 0 saturated carbocycles. The highest BCUT2D eigenvalue weighted by Crippen LogP contribution is 2.19. The number of nitrogens with two attached hydrogens (primary N) is 1. The largest absolute Gasteiger partial charge is 0.271 e. The van der Waals surface area contributed by atoms with Gasteiger partial charge in [0.15, 0.2) is 0 Å². The van der Waals surface area contributed by atoms with Gasteiger partial charge in [-0.2, -0.15) is 0 Å². The lowest BCUT2D eigenvalue weighted by Crippen LogP contribution is -2.30. The molecule has 2 rings (SSSR count). The lowest BCUT2D eigenvalue weighted by atomic mass is 9.97. The predicted molar refractivity (Wildman–Crippen MR) is 76.5 cm³/mol. The van der Waals surface area contributed by atoms with Crippen molar-refractivity contribution in [2.24, 2.45) is 5.84 Å². The second-order valence-electron chi connectivity index (χ2n) is 4.88. The van der Waals surface area contributed by atoms with Gasteiger partial charge in [-0.15, -0.1) is 0 Å². The molecule has 0 amide bonds. The highest BCUT2D eigenvalue weighted by Gasteiger charge is 2.13. The molecular formula is C15H20N4. The number of hydrazine groups is 1. The third-order valence-electron chi connectivity index (χ3n) is 3.28. The van der Waals surface area contributed by atoms with Gasteiger partial charge < -0.3 is 0 Å². The Kier molecular flexibility index (Phi) is 4.24. The van der Waals surface area contributed by atoms with Gasteiger partial charge in [0, 0.05) is 6.20 Å². The van der Waals surface area contributed by atoms with Gasteiger partial charge in [0.1, 0.15) is 5.82 Å². The van der Waals surface area contributed by atoms with Crippen LogP contribution in [0.15, 0.2) is 30.5 Å². The van der Waals surface area contributed by atoms with Crippen LogP contribution in [0.3, 0.4) is 0 Å². The molecule has 0 aliphatic carbocycles. The van der Waals surface area contributed by atoms with Gasteiger partial charge in [-0.05, 0) is 44.4 Å². The number of aryl methyl sites for hydroxylation is 3. The fourth-order valence-electron chi connectivity index (χ4n) is 2.16. The highest BCUT2D eigenvalue weighted by molar-refractivity contribution is 5.31. The molecule has 19 heavy (non-hydrogen) atoms. The molecule has 0 aliphatic heterocycles. The third kappa shape index (κ3) is 3.36. The van der Waals surface area contributed by atoms with Crippen LogP contribution in [0.5, 0.6) is 0 Å². The van der Waals surface area contributed by atoms with Gasteiger partial charge in [0.2, 0.25) is 0 Å². The highest BCUT2D eigenvalue weighted by atomic mass is 15.2. The molecule has 4 nitrogen and oxygen atoms in total. The molecular weight excluding hydrogens is 236 g/mol. The number of nitrogens with one attached hydrogen (secondary N) is 1. The smallest absolute Gasteiger partial charge is 0.125 e. The van der Waals surface area contributed by atoms with Crippen molar-refractivity contribution in [1.29, 1.82) is 0 Å². The average Bonchev–Trinajstić information content (AvgIpc) is 2.39. The Morgan fingerprint density at radius 1 is 1.21 bits per heavy atom. The molecule has 4 heteroatoms. The van der Waals surface area contributed by atoms with Crippen molar-refractivity contribution >= 4 is 0 Å². The molecule has 0 radical (unpaired) electrons. The molecule has 2 aromatic rings. The van der Waals surface area contributed by atoms with E-state index < -0.39 is 0 Å². The number of rotatable bonds is 4. The lowest BCUT2D eigenvalue weighted by Gasteiger charge is -2.17. The first-order valence-electron chi connectivity index (χ1n) is 6.42. The summed E-state index contributed by atoms with van der Waals surface area (Å²) in [5.41, 5.74) is 7.60. The Morgan fingerprint density at radius 3 is 2.68 bits per heavy atom. The second-order valence-corrected chi connectivity index (χ2v) is 4.88. The molecule has 1 heterocycles. The van der Waals surface area contributed by atoms with Crippen molar-refractivity contribution in [2.75, 3.05) is 0 Å². The molecule has 1 atom stereocenters. The Balaban J connectivity index is 2.26. The van der Waals surface area contributed by atoms with Crippen LogP contribution in [-0.2, 0) is 6.42 Å². The van der Waals surface area contributed by atoms with E-state index in [1.165, 1.54) is 16.7 Å². The van der Waals surface area contributed by atoms with Crippen LogP contribution in [0.2, 0.25) is 0 Å². The lowest BCUT2D eigenvalue weighted by molar-refractivity contribution is 0.534. The van der Waals surface area contributed by atoms with E-state index in [1.807, 2.05) is 13.0 Å². The molecule has 1 unspecified atom stereocenters. The van der Waals surface area contributed by atoms with E-state index in [1.54, 1.807) is 6.20 Å². The van der Waals surface area contributed by atoms with Gasteiger partial charge in [-0.25, -0.2) is 9.97 Å². The molecule has 100 valence electrons. The summed E-state index contributed by atoms with van der Waals surface area (Å²) < 4.78 is 0. The quantitative estimate of drug-likeness (QED) is 0.650. The van der Waals surface area contributed by atoms with Crippen molar-refractivity contribution in [3.63, 3.8) is 0 Å². The predicted octanol–water partition coefficient (Wildman–Crippen LogP) is 2.15. The number of nitrogens with zero attached hydrogens (tertiary/aromatic N) is 2. The van der Waals surface area contributed by atoms with Gasteiger partial charge >= 0.3 is 0 Å². The van der Waals surface area contributed by atoms with Crippen molar-refractivity contribution in [1.82, 2.24) is 15.4 Å². The van der Waals surface area contributed by atoms with E-state index >= 15 is 0 Å². The maximum atomic E-state index is 5.68. The van der Waals surface area contributed by atoms with E-state index in [2.05, 4.69) is 47.4 Å². The summed E-state index contributed by atoms with van der Waals surface area (Å²) in [6.45, 7) is 6.10. The van der Waals surface area contributed by atoms with Gasteiger partial charge in [-0.3, -0.25) is 11.3 Å². The molecule has 0 bridgehead atoms. The molecule has 0 saturated heterocycles. The van der Waals surface area contributed by atoms with E-state index in [-0.39, 0.29) is 6.04 Å². The first kappa shape index (κ1) is 13.6. The van der Waals surface area contributed by atoms with Crippen LogP contribution in [0.1, 0.15) is 34.3 Å². The molecule has 3 N–H and O–H groups in total. The summed E-state index contributed by atoms with van der Waals surface area (Å²) in [4.78, 5) is 8.55. The third-order valence-corrected chi connectivity index (χ3v) is 3.28. The van der Waals surface area contributed by atoms with E-state index in [0.29, 0.717) is 0 Å². The van der Waals surface area contributed by atoms with E-state index in [4.69, 9.17) is 5.84 Å². The van der Waals surface area contributed by atoms with Crippen LogP contribution < -0.4 is 11.3 Å². The first-order valence-corrected chi connectivity index (χ1v) is 6.42. The normalized spacial score (nSPS) is 12.4. The molecule has 1 aromatic heterocycles. The van der Waals surface area contributed by atoms with Crippen molar-refractivity contribution < 1.29 is 0 Å². The fourth-order valence-corrected chi connectivity index (χ4v) is 2.16. The minimum atomic E-state index is 0.00204. The monoisotopic (exact) mass is 256 g/mol. The summed E-state index contributed by atoms with van der Waals surface area (Å²) in [5.74, 6) is 6.44. The maximum absolute atomic E-state index is 5.68. The molecule has 0 spiro atoms. The van der Waals surface area contributed by atoms with Crippen molar-refractivity contribution in [2.45, 2.75) is 33.2 Å². The Hall–Kier alpha value is -1.78. The van der Waals surface area contributed by atoms with Gasteiger partial charge in [0.25, 0.3) is 0 Å². The minimum Gasteiger partial charge on any atom is -0.271 e. The Morgan fingerprint density at radius 2 is 2.00 bits per heavy atom. The SMILES string of the molecule is Cc1ccc(C)c(CC(NN)c2ccnc(C)n2)c1. The number of hydrogen-bond donors (Lipinski definition) is 2. The maximum Gasteiger partial charge on any atom is 0.125 e. The summed E-state index contributed by atoms with van der Waals surface area (Å²) in [7, 11) is 0. The zero-order chi connectivity index (χ0) is 13.8. The van der Waals surface area contributed by atoms with Crippen LogP contribution in [0.4, 0.5) is 0 Å². The van der Waals surface area contributed by atoms with Crippen LogP contribution in [0.25, 0.3) is 0 Å². The summed E-state index contributed by atoms with van der Waals surface area (Å²) in [5, 5.41) is 0. The summed E-state index contributed by atoms with van der Waals surface area (Å²) in [6, 6.07) is 8.38. The van der Waals surface area contributed by atoms with E-state index in [0.717, 1.165) is 17.9 Å². The molecule has 0 fully saturated rings. The zero-order valence-electron chi connectivity index (χ0n) is 11.6. The van der Waals surface area contributed by atoms with Gasteiger partial charge in [-0.1, -0.05) is 23.8 Å².